The number of aromatic amines is 1. The lowest BCUT2D eigenvalue weighted by atomic mass is 10.2. The summed E-state index contributed by atoms with van der Waals surface area (Å²) in [5.74, 6) is 5.69. The Hall–Kier alpha value is -1.66. The van der Waals surface area contributed by atoms with E-state index < -0.39 is 10.0 Å². The average Bonchev–Trinajstić information content (AvgIpc) is 3.01. The second kappa shape index (κ2) is 6.41. The fourth-order valence-corrected chi connectivity index (χ4v) is 4.13. The van der Waals surface area contributed by atoms with Gasteiger partial charge in [-0.3, -0.25) is 5.10 Å². The van der Waals surface area contributed by atoms with Gasteiger partial charge in [0.25, 0.3) is 0 Å². The van der Waals surface area contributed by atoms with E-state index in [1.165, 1.54) is 11.3 Å². The van der Waals surface area contributed by atoms with E-state index >= 15 is 0 Å². The van der Waals surface area contributed by atoms with Gasteiger partial charge in [0.15, 0.2) is 0 Å². The van der Waals surface area contributed by atoms with Crippen LogP contribution in [0, 0.1) is 25.7 Å². The third-order valence-electron chi connectivity index (χ3n) is 2.82. The second-order valence-electron chi connectivity index (χ2n) is 4.35. The van der Waals surface area contributed by atoms with Crippen LogP contribution in [0.4, 0.5) is 0 Å². The summed E-state index contributed by atoms with van der Waals surface area (Å²) in [5.41, 5.74) is 7.12. The molecule has 0 atom stereocenters. The molecule has 4 N–H and O–H groups in total. The Bertz CT molecular complexity index is 774. The molecule has 0 aliphatic rings. The molecule has 0 spiro atoms. The first-order valence-corrected chi connectivity index (χ1v) is 8.58. The molecule has 2 heterocycles. The van der Waals surface area contributed by atoms with Crippen molar-refractivity contribution in [1.82, 2.24) is 14.9 Å². The summed E-state index contributed by atoms with van der Waals surface area (Å²) in [5, 5.41) is 8.45. The van der Waals surface area contributed by atoms with Crippen LogP contribution in [0.1, 0.15) is 21.8 Å². The van der Waals surface area contributed by atoms with Gasteiger partial charge in [-0.15, -0.1) is 11.3 Å². The molecule has 2 rings (SSSR count). The summed E-state index contributed by atoms with van der Waals surface area (Å²) in [7, 11) is -3.60. The molecule has 0 aromatic carbocycles. The highest BCUT2D eigenvalue weighted by Crippen LogP contribution is 2.19. The standard InChI is InChI=1S/C13H16N4O2S2/c1-9-13(10(2)17-16-9)21(18,19)15-8-12-11(4-3-6-14)5-7-20-12/h5,7,15H,6,8,14H2,1-2H3,(H,16,17). The lowest BCUT2D eigenvalue weighted by Gasteiger charge is -2.06. The summed E-state index contributed by atoms with van der Waals surface area (Å²) < 4.78 is 27.3. The van der Waals surface area contributed by atoms with Crippen LogP contribution >= 0.6 is 11.3 Å². The normalized spacial score (nSPS) is 11.2. The van der Waals surface area contributed by atoms with Gasteiger partial charge in [0.2, 0.25) is 10.0 Å². The van der Waals surface area contributed by atoms with Gasteiger partial charge in [-0.2, -0.15) is 5.10 Å². The number of hydrogen-bond acceptors (Lipinski definition) is 5. The zero-order valence-corrected chi connectivity index (χ0v) is 13.4. The summed E-state index contributed by atoms with van der Waals surface area (Å²) in [4.78, 5) is 1.06. The zero-order valence-electron chi connectivity index (χ0n) is 11.7. The van der Waals surface area contributed by atoms with E-state index in [4.69, 9.17) is 5.73 Å². The van der Waals surface area contributed by atoms with E-state index in [1.807, 2.05) is 11.4 Å². The average molecular weight is 324 g/mol. The largest absolute Gasteiger partial charge is 0.320 e. The van der Waals surface area contributed by atoms with Gasteiger partial charge in [0, 0.05) is 17.0 Å². The molecular weight excluding hydrogens is 308 g/mol. The molecule has 0 radical (unpaired) electrons. The van der Waals surface area contributed by atoms with E-state index in [0.29, 0.717) is 11.4 Å². The lowest BCUT2D eigenvalue weighted by Crippen LogP contribution is -2.24. The molecule has 0 saturated carbocycles. The third kappa shape index (κ3) is 3.51. The number of H-pyrrole nitrogens is 1. The number of aromatic nitrogens is 2. The van der Waals surface area contributed by atoms with Crippen molar-refractivity contribution in [3.63, 3.8) is 0 Å². The van der Waals surface area contributed by atoms with Gasteiger partial charge in [0.05, 0.1) is 17.9 Å². The van der Waals surface area contributed by atoms with E-state index in [1.54, 1.807) is 13.8 Å². The van der Waals surface area contributed by atoms with Gasteiger partial charge in [-0.1, -0.05) is 11.8 Å². The first-order valence-electron chi connectivity index (χ1n) is 6.22. The zero-order chi connectivity index (χ0) is 15.5. The summed E-state index contributed by atoms with van der Waals surface area (Å²) in [6.45, 7) is 3.80. The fraction of sp³-hybridized carbons (Fsp3) is 0.308. The molecule has 6 nitrogen and oxygen atoms in total. The number of nitrogens with two attached hydrogens (primary N) is 1. The molecule has 0 unspecified atom stereocenters. The molecule has 8 heteroatoms. The Morgan fingerprint density at radius 1 is 1.48 bits per heavy atom. The Morgan fingerprint density at radius 2 is 2.24 bits per heavy atom. The van der Waals surface area contributed by atoms with Crippen molar-refractivity contribution in [2.24, 2.45) is 5.73 Å². The summed E-state index contributed by atoms with van der Waals surface area (Å²) in [6.07, 6.45) is 0. The van der Waals surface area contributed by atoms with Crippen LogP contribution in [0.2, 0.25) is 0 Å². The minimum Gasteiger partial charge on any atom is -0.320 e. The fourth-order valence-electron chi connectivity index (χ4n) is 1.90. The molecule has 0 aliphatic heterocycles. The number of nitrogens with zero attached hydrogens (tertiary/aromatic N) is 1. The maximum Gasteiger partial charge on any atom is 0.244 e. The van der Waals surface area contributed by atoms with Crippen molar-refractivity contribution in [2.75, 3.05) is 6.54 Å². The Labute approximate surface area is 127 Å². The topological polar surface area (TPSA) is 101 Å². The van der Waals surface area contributed by atoms with Crippen LogP contribution in [-0.2, 0) is 16.6 Å². The van der Waals surface area contributed by atoms with Gasteiger partial charge < -0.3 is 5.73 Å². The SMILES string of the molecule is Cc1n[nH]c(C)c1S(=O)(=O)NCc1sccc1C#CCN. The van der Waals surface area contributed by atoms with E-state index in [9.17, 15) is 8.42 Å². The molecular formula is C13H16N4O2S2. The van der Waals surface area contributed by atoms with E-state index in [-0.39, 0.29) is 18.0 Å². The van der Waals surface area contributed by atoms with Crippen LogP contribution in [0.25, 0.3) is 0 Å². The minimum absolute atomic E-state index is 0.193. The molecule has 21 heavy (non-hydrogen) atoms. The Kier molecular flexibility index (Phi) is 4.80. The van der Waals surface area contributed by atoms with Gasteiger partial charge in [-0.05, 0) is 25.3 Å². The second-order valence-corrected chi connectivity index (χ2v) is 7.06. The molecule has 0 aliphatic carbocycles. The summed E-state index contributed by atoms with van der Waals surface area (Å²) in [6, 6.07) is 1.85. The first-order chi connectivity index (χ1) is 9.95. The molecule has 2 aromatic heterocycles. The number of nitrogens with one attached hydrogen (secondary N) is 2. The van der Waals surface area contributed by atoms with E-state index in [0.717, 1.165) is 10.4 Å². The molecule has 0 fully saturated rings. The Morgan fingerprint density at radius 3 is 2.86 bits per heavy atom. The van der Waals surface area contributed by atoms with Gasteiger partial charge in [-0.25, -0.2) is 13.1 Å². The smallest absolute Gasteiger partial charge is 0.244 e. The maximum atomic E-state index is 12.3. The van der Waals surface area contributed by atoms with Crippen LogP contribution in [0.15, 0.2) is 16.3 Å². The predicted molar refractivity (Wildman–Crippen MR) is 82.3 cm³/mol. The van der Waals surface area contributed by atoms with Crippen LogP contribution in [-0.4, -0.2) is 25.2 Å². The molecule has 112 valence electrons. The van der Waals surface area contributed by atoms with Gasteiger partial charge in [0.1, 0.15) is 4.90 Å². The maximum absolute atomic E-state index is 12.3. The van der Waals surface area contributed by atoms with Crippen LogP contribution in [0.5, 0.6) is 0 Å². The van der Waals surface area contributed by atoms with Crippen LogP contribution in [0.3, 0.4) is 0 Å². The Balaban J connectivity index is 2.19. The van der Waals surface area contributed by atoms with Crippen molar-refractivity contribution in [3.05, 3.63) is 33.3 Å². The quantitative estimate of drug-likeness (QED) is 0.727. The summed E-state index contributed by atoms with van der Waals surface area (Å²) >= 11 is 1.45. The van der Waals surface area contributed by atoms with Crippen molar-refractivity contribution in [3.8, 4) is 11.8 Å². The molecule has 0 saturated heterocycles. The highest BCUT2D eigenvalue weighted by molar-refractivity contribution is 7.89. The molecule has 0 amide bonds. The first kappa shape index (κ1) is 15.7. The van der Waals surface area contributed by atoms with Crippen molar-refractivity contribution < 1.29 is 8.42 Å². The lowest BCUT2D eigenvalue weighted by molar-refractivity contribution is 0.580. The number of hydrogen-bond donors (Lipinski definition) is 3. The molecule has 0 bridgehead atoms. The number of aryl methyl sites for hydroxylation is 2. The van der Waals surface area contributed by atoms with Crippen molar-refractivity contribution in [2.45, 2.75) is 25.3 Å². The van der Waals surface area contributed by atoms with Gasteiger partial charge >= 0.3 is 0 Å². The molecule has 2 aromatic rings. The van der Waals surface area contributed by atoms with E-state index in [2.05, 4.69) is 26.8 Å². The number of rotatable bonds is 4. The predicted octanol–water partition coefficient (Wildman–Crippen LogP) is 0.877. The van der Waals surface area contributed by atoms with Crippen molar-refractivity contribution in [1.29, 1.82) is 0 Å². The highest BCUT2D eigenvalue weighted by atomic mass is 32.2. The minimum atomic E-state index is -3.60. The highest BCUT2D eigenvalue weighted by Gasteiger charge is 2.22. The monoisotopic (exact) mass is 324 g/mol. The number of thiophene rings is 1. The number of sulfonamides is 1. The third-order valence-corrected chi connectivity index (χ3v) is 5.41. The van der Waals surface area contributed by atoms with Crippen LogP contribution < -0.4 is 10.5 Å². The van der Waals surface area contributed by atoms with Crippen molar-refractivity contribution >= 4 is 21.4 Å².